The molecule has 1 aromatic heterocycles. The summed E-state index contributed by atoms with van der Waals surface area (Å²) >= 11 is 6.07. The maximum Gasteiger partial charge on any atom is 0.353 e. The van der Waals surface area contributed by atoms with Crippen molar-refractivity contribution in [2.45, 2.75) is 19.8 Å². The zero-order chi connectivity index (χ0) is 18.4. The van der Waals surface area contributed by atoms with Crippen molar-refractivity contribution in [3.8, 4) is 11.1 Å². The molecule has 2 rings (SSSR count). The molecule has 0 saturated heterocycles. The van der Waals surface area contributed by atoms with Crippen molar-refractivity contribution in [1.82, 2.24) is 4.98 Å². The summed E-state index contributed by atoms with van der Waals surface area (Å²) in [4.78, 5) is 13.6. The molecule has 0 radical (unpaired) electrons. The van der Waals surface area contributed by atoms with Crippen molar-refractivity contribution in [2.75, 3.05) is 5.73 Å². The zero-order valence-corrected chi connectivity index (χ0v) is 13.6. The van der Waals surface area contributed by atoms with Crippen LogP contribution in [0.15, 0.2) is 25.3 Å². The maximum atomic E-state index is 11.1. The highest BCUT2D eigenvalue weighted by molar-refractivity contribution is 6.37. The van der Waals surface area contributed by atoms with E-state index in [1.54, 1.807) is 12.1 Å². The number of carbonyl (C=O) groups is 1. The molecule has 7 nitrogen and oxygen atoms in total. The van der Waals surface area contributed by atoms with Crippen molar-refractivity contribution in [1.29, 1.82) is 0 Å². The van der Waals surface area contributed by atoms with Crippen LogP contribution >= 0.6 is 11.6 Å². The molecule has 0 spiro atoms. The molecule has 0 atom stereocenters. The molecule has 0 unspecified atom stereocenters. The van der Waals surface area contributed by atoms with Crippen LogP contribution in [0.3, 0.4) is 0 Å². The Balaban J connectivity index is 0.00000139. The summed E-state index contributed by atoms with van der Waals surface area (Å²) in [5, 5.41) is 37.4. The van der Waals surface area contributed by atoms with E-state index < -0.39 is 19.2 Å². The van der Waals surface area contributed by atoms with E-state index in [4.69, 9.17) is 22.4 Å². The normalized spacial score (nSPS) is 10.2. The predicted molar refractivity (Wildman–Crippen MR) is 91.6 cm³/mol. The number of nitrogen functional groups attached to an aromatic ring is 1. The van der Waals surface area contributed by atoms with E-state index >= 15 is 0 Å². The van der Waals surface area contributed by atoms with Crippen LogP contribution in [0.4, 0.5) is 5.82 Å². The summed E-state index contributed by atoms with van der Waals surface area (Å²) in [5.41, 5.74) is 7.33. The van der Waals surface area contributed by atoms with E-state index in [9.17, 15) is 20.1 Å². The Hall–Kier alpha value is -2.32. The Bertz CT molecular complexity index is 743. The van der Waals surface area contributed by atoms with Gasteiger partial charge in [-0.15, -0.1) is 13.2 Å². The maximum absolute atomic E-state index is 11.1. The Morgan fingerprint density at radius 3 is 2.12 bits per heavy atom. The number of aromatic amines is 1. The fourth-order valence-electron chi connectivity index (χ4n) is 2.41. The molecule has 8 heteroatoms. The van der Waals surface area contributed by atoms with Crippen molar-refractivity contribution in [2.24, 2.45) is 0 Å². The lowest BCUT2D eigenvalue weighted by Crippen LogP contribution is -2.04. The molecule has 0 aliphatic carbocycles. The summed E-state index contributed by atoms with van der Waals surface area (Å²) < 4.78 is 0. The minimum atomic E-state index is -1.26. The summed E-state index contributed by atoms with van der Waals surface area (Å²) in [6.45, 7) is 4.87. The van der Waals surface area contributed by atoms with Gasteiger partial charge in [0, 0.05) is 5.56 Å². The van der Waals surface area contributed by atoms with E-state index in [1.165, 1.54) is 0 Å². The largest absolute Gasteiger partial charge is 0.477 e. The fraction of sp³-hybridized carbons (Fsp3) is 0.188. The Morgan fingerprint density at radius 2 is 1.71 bits per heavy atom. The first kappa shape index (κ1) is 19.7. The Labute approximate surface area is 143 Å². The minimum absolute atomic E-state index is 0.0396. The van der Waals surface area contributed by atoms with Crippen molar-refractivity contribution >= 4 is 23.4 Å². The van der Waals surface area contributed by atoms with Gasteiger partial charge >= 0.3 is 5.97 Å². The van der Waals surface area contributed by atoms with E-state index in [0.717, 1.165) is 0 Å². The van der Waals surface area contributed by atoms with Gasteiger partial charge in [0.05, 0.1) is 24.8 Å². The second-order valence-corrected chi connectivity index (χ2v) is 4.99. The molecular weight excluding hydrogens is 336 g/mol. The number of hydrogen-bond acceptors (Lipinski definition) is 5. The van der Waals surface area contributed by atoms with E-state index in [2.05, 4.69) is 18.1 Å². The van der Waals surface area contributed by atoms with Crippen LogP contribution in [0, 0.1) is 0 Å². The number of carboxylic acids is 1. The highest BCUT2D eigenvalue weighted by Gasteiger charge is 2.23. The quantitative estimate of drug-likeness (QED) is 0.453. The summed E-state index contributed by atoms with van der Waals surface area (Å²) in [5.74, 6) is -1.22. The molecule has 2 aromatic rings. The molecule has 130 valence electrons. The molecule has 1 aromatic carbocycles. The Morgan fingerprint density at radius 1 is 1.12 bits per heavy atom. The molecule has 0 amide bonds. The number of nitrogens with two attached hydrogens (primary N) is 1. The average Bonchev–Trinajstić information content (AvgIpc) is 2.89. The van der Waals surface area contributed by atoms with E-state index in [1.807, 2.05) is 0 Å². The van der Waals surface area contributed by atoms with Crippen LogP contribution in [-0.4, -0.2) is 31.4 Å². The van der Waals surface area contributed by atoms with Gasteiger partial charge in [-0.2, -0.15) is 0 Å². The number of aliphatic hydroxyl groups excluding tert-OH is 3. The van der Waals surface area contributed by atoms with Gasteiger partial charge in [-0.25, -0.2) is 4.79 Å². The van der Waals surface area contributed by atoms with Gasteiger partial charge in [0.25, 0.3) is 0 Å². The topological polar surface area (TPSA) is 140 Å². The SMILES string of the molecule is C=C.Nc1[nH]c(C(=O)O)c(Cl)c1-c1ccc(CO)c(CO)c1CO. The second-order valence-electron chi connectivity index (χ2n) is 4.61. The molecule has 0 bridgehead atoms. The van der Waals surface area contributed by atoms with E-state index in [-0.39, 0.29) is 28.7 Å². The standard InChI is InChI=1S/C14H15ClN2O5.C2H4/c15-11-10(13(16)17-12(11)14(21)22)7-2-1-6(3-18)8(4-19)9(7)5-20;1-2/h1-2,17-20H,3-5,16H2,(H,21,22);1-2H2. The van der Waals surface area contributed by atoms with Gasteiger partial charge in [-0.05, 0) is 22.3 Å². The lowest BCUT2D eigenvalue weighted by atomic mass is 9.93. The fourth-order valence-corrected chi connectivity index (χ4v) is 2.74. The molecular formula is C16H19ClN2O5. The first-order chi connectivity index (χ1) is 11.5. The number of nitrogens with one attached hydrogen (secondary N) is 1. The average molecular weight is 355 g/mol. The molecule has 24 heavy (non-hydrogen) atoms. The van der Waals surface area contributed by atoms with Crippen molar-refractivity contribution in [3.05, 3.63) is 52.7 Å². The Kier molecular flexibility index (Phi) is 6.99. The number of benzene rings is 1. The number of rotatable bonds is 5. The monoisotopic (exact) mass is 354 g/mol. The van der Waals surface area contributed by atoms with Crippen LogP contribution in [-0.2, 0) is 19.8 Å². The van der Waals surface area contributed by atoms with Crippen molar-refractivity contribution in [3.63, 3.8) is 0 Å². The predicted octanol–water partition coefficient (Wildman–Crippen LogP) is 1.89. The number of aliphatic hydroxyl groups is 3. The number of aromatic carboxylic acids is 1. The highest BCUT2D eigenvalue weighted by Crippen LogP contribution is 2.39. The van der Waals surface area contributed by atoms with Crippen LogP contribution in [0.25, 0.3) is 11.1 Å². The lowest BCUT2D eigenvalue weighted by Gasteiger charge is -2.15. The third kappa shape index (κ3) is 3.44. The molecule has 0 saturated carbocycles. The number of anilines is 1. The first-order valence-electron chi connectivity index (χ1n) is 6.83. The van der Waals surface area contributed by atoms with Gasteiger partial charge in [-0.3, -0.25) is 0 Å². The van der Waals surface area contributed by atoms with Crippen molar-refractivity contribution < 1.29 is 25.2 Å². The van der Waals surface area contributed by atoms with Crippen LogP contribution in [0.1, 0.15) is 27.2 Å². The minimum Gasteiger partial charge on any atom is -0.477 e. The number of hydrogen-bond donors (Lipinski definition) is 6. The molecule has 1 heterocycles. The number of aromatic nitrogens is 1. The van der Waals surface area contributed by atoms with E-state index in [0.29, 0.717) is 22.3 Å². The van der Waals surface area contributed by atoms with Gasteiger partial charge < -0.3 is 31.1 Å². The summed E-state index contributed by atoms with van der Waals surface area (Å²) in [7, 11) is 0. The number of carboxylic acid groups (broad SMARTS) is 1. The van der Waals surface area contributed by atoms with Gasteiger partial charge in [0.2, 0.25) is 0 Å². The first-order valence-corrected chi connectivity index (χ1v) is 7.20. The van der Waals surface area contributed by atoms with Gasteiger partial charge in [-0.1, -0.05) is 23.7 Å². The molecule has 0 aliphatic heterocycles. The number of H-pyrrole nitrogens is 1. The second kappa shape index (κ2) is 8.51. The van der Waals surface area contributed by atoms with Crippen LogP contribution in [0.2, 0.25) is 5.02 Å². The summed E-state index contributed by atoms with van der Waals surface area (Å²) in [6, 6.07) is 3.12. The lowest BCUT2D eigenvalue weighted by molar-refractivity contribution is 0.0691. The zero-order valence-electron chi connectivity index (χ0n) is 12.8. The molecule has 0 aliphatic rings. The third-order valence-electron chi connectivity index (χ3n) is 3.47. The summed E-state index contributed by atoms with van der Waals surface area (Å²) in [6.07, 6.45) is 0. The van der Waals surface area contributed by atoms with Gasteiger partial charge in [0.1, 0.15) is 11.5 Å². The molecule has 0 fully saturated rings. The third-order valence-corrected chi connectivity index (χ3v) is 3.84. The van der Waals surface area contributed by atoms with Crippen LogP contribution in [0.5, 0.6) is 0 Å². The molecule has 7 N–H and O–H groups in total. The smallest absolute Gasteiger partial charge is 0.353 e. The van der Waals surface area contributed by atoms with Gasteiger partial charge in [0.15, 0.2) is 0 Å². The number of halogens is 1. The van der Waals surface area contributed by atoms with Crippen LogP contribution < -0.4 is 5.73 Å². The highest BCUT2D eigenvalue weighted by atomic mass is 35.5.